The van der Waals surface area contributed by atoms with Crippen molar-refractivity contribution in [2.75, 3.05) is 0 Å². The van der Waals surface area contributed by atoms with Gasteiger partial charge in [-0.3, -0.25) is 9.48 Å². The van der Waals surface area contributed by atoms with Crippen LogP contribution in [0, 0.1) is 20.8 Å². The topological polar surface area (TPSA) is 63.6 Å². The number of aromatic amines is 1. The predicted octanol–water partition coefficient (Wildman–Crippen LogP) is 1.10. The summed E-state index contributed by atoms with van der Waals surface area (Å²) in [4.78, 5) is 18.8. The van der Waals surface area contributed by atoms with E-state index in [9.17, 15) is 4.79 Å². The van der Waals surface area contributed by atoms with Crippen molar-refractivity contribution in [3.05, 3.63) is 33.5 Å². The Morgan fingerprint density at radius 1 is 1.31 bits per heavy atom. The SMILES string of the molecule is Cc1nc(-c2cnn(C)c2C)[nH]c(=O)c1C. The summed E-state index contributed by atoms with van der Waals surface area (Å²) >= 11 is 0. The molecule has 5 nitrogen and oxygen atoms in total. The highest BCUT2D eigenvalue weighted by Gasteiger charge is 2.10. The third kappa shape index (κ3) is 1.54. The van der Waals surface area contributed by atoms with E-state index in [2.05, 4.69) is 15.1 Å². The lowest BCUT2D eigenvalue weighted by Gasteiger charge is -2.03. The molecule has 16 heavy (non-hydrogen) atoms. The largest absolute Gasteiger partial charge is 0.306 e. The molecule has 84 valence electrons. The summed E-state index contributed by atoms with van der Waals surface area (Å²) in [5.74, 6) is 0.582. The van der Waals surface area contributed by atoms with Crippen LogP contribution in [-0.4, -0.2) is 19.7 Å². The number of nitrogens with one attached hydrogen (secondary N) is 1. The molecule has 0 amide bonds. The van der Waals surface area contributed by atoms with Crippen LogP contribution < -0.4 is 5.56 Å². The van der Waals surface area contributed by atoms with Crippen LogP contribution in [0.25, 0.3) is 11.4 Å². The van der Waals surface area contributed by atoms with Crippen molar-refractivity contribution in [1.82, 2.24) is 19.7 Å². The van der Waals surface area contributed by atoms with E-state index in [1.807, 2.05) is 20.9 Å². The molecule has 0 atom stereocenters. The van der Waals surface area contributed by atoms with Gasteiger partial charge in [-0.25, -0.2) is 4.98 Å². The minimum absolute atomic E-state index is 0.0919. The van der Waals surface area contributed by atoms with Crippen LogP contribution in [-0.2, 0) is 7.05 Å². The molecule has 0 aliphatic heterocycles. The van der Waals surface area contributed by atoms with E-state index in [0.717, 1.165) is 17.0 Å². The van der Waals surface area contributed by atoms with Gasteiger partial charge < -0.3 is 4.98 Å². The molecule has 0 spiro atoms. The van der Waals surface area contributed by atoms with Crippen LogP contribution in [0.5, 0.6) is 0 Å². The Labute approximate surface area is 93.2 Å². The number of hydrogen-bond donors (Lipinski definition) is 1. The molecule has 2 aromatic heterocycles. The molecule has 0 radical (unpaired) electrons. The Kier molecular flexibility index (Phi) is 2.38. The molecule has 5 heteroatoms. The van der Waals surface area contributed by atoms with Crippen molar-refractivity contribution < 1.29 is 0 Å². The quantitative estimate of drug-likeness (QED) is 0.779. The second kappa shape index (κ2) is 3.59. The van der Waals surface area contributed by atoms with E-state index in [-0.39, 0.29) is 5.56 Å². The van der Waals surface area contributed by atoms with Gasteiger partial charge in [0.05, 0.1) is 11.8 Å². The zero-order valence-corrected chi connectivity index (χ0v) is 9.83. The van der Waals surface area contributed by atoms with Gasteiger partial charge in [-0.2, -0.15) is 5.10 Å². The van der Waals surface area contributed by atoms with E-state index in [1.165, 1.54) is 0 Å². The number of H-pyrrole nitrogens is 1. The summed E-state index contributed by atoms with van der Waals surface area (Å²) < 4.78 is 1.75. The van der Waals surface area contributed by atoms with E-state index in [1.54, 1.807) is 17.8 Å². The van der Waals surface area contributed by atoms with Crippen LogP contribution in [0.2, 0.25) is 0 Å². The second-order valence-electron chi connectivity index (χ2n) is 3.89. The first kappa shape index (κ1) is 10.6. The first-order valence-corrected chi connectivity index (χ1v) is 5.07. The molecule has 2 aromatic rings. The highest BCUT2D eigenvalue weighted by atomic mass is 16.1. The third-order valence-electron chi connectivity index (χ3n) is 2.89. The van der Waals surface area contributed by atoms with Gasteiger partial charge in [-0.15, -0.1) is 0 Å². The Morgan fingerprint density at radius 2 is 2.00 bits per heavy atom. The normalized spacial score (nSPS) is 10.8. The Balaban J connectivity index is 2.66. The predicted molar refractivity (Wildman–Crippen MR) is 61.3 cm³/mol. The Bertz CT molecular complexity index is 595. The zero-order chi connectivity index (χ0) is 11.9. The summed E-state index contributed by atoms with van der Waals surface area (Å²) in [6.07, 6.45) is 1.71. The number of hydrogen-bond acceptors (Lipinski definition) is 3. The first-order chi connectivity index (χ1) is 7.50. The molecule has 0 saturated heterocycles. The zero-order valence-electron chi connectivity index (χ0n) is 9.83. The van der Waals surface area contributed by atoms with Crippen LogP contribution in [0.3, 0.4) is 0 Å². The standard InChI is InChI=1S/C11H14N4O/c1-6-7(2)13-10(14-11(6)16)9-5-12-15(4)8(9)3/h5H,1-4H3,(H,13,14,16). The van der Waals surface area contributed by atoms with Gasteiger partial charge in [0.2, 0.25) is 0 Å². The first-order valence-electron chi connectivity index (χ1n) is 5.07. The Hall–Kier alpha value is -1.91. The third-order valence-corrected chi connectivity index (χ3v) is 2.89. The lowest BCUT2D eigenvalue weighted by molar-refractivity contribution is 0.740. The fourth-order valence-electron chi connectivity index (χ4n) is 1.50. The lowest BCUT2D eigenvalue weighted by Crippen LogP contribution is -2.14. The van der Waals surface area contributed by atoms with Crippen molar-refractivity contribution in [2.45, 2.75) is 20.8 Å². The van der Waals surface area contributed by atoms with Gasteiger partial charge in [-0.05, 0) is 20.8 Å². The van der Waals surface area contributed by atoms with Crippen molar-refractivity contribution in [1.29, 1.82) is 0 Å². The fourth-order valence-corrected chi connectivity index (χ4v) is 1.50. The van der Waals surface area contributed by atoms with Gasteiger partial charge in [-0.1, -0.05) is 0 Å². The van der Waals surface area contributed by atoms with E-state index >= 15 is 0 Å². The molecule has 0 unspecified atom stereocenters. The molecule has 0 saturated carbocycles. The van der Waals surface area contributed by atoms with E-state index in [0.29, 0.717) is 11.4 Å². The van der Waals surface area contributed by atoms with E-state index in [4.69, 9.17) is 0 Å². The minimum atomic E-state index is -0.0919. The van der Waals surface area contributed by atoms with Crippen molar-refractivity contribution in [3.63, 3.8) is 0 Å². The smallest absolute Gasteiger partial charge is 0.254 e. The van der Waals surface area contributed by atoms with Gasteiger partial charge in [0.15, 0.2) is 0 Å². The lowest BCUT2D eigenvalue weighted by atomic mass is 10.2. The number of aryl methyl sites for hydroxylation is 2. The molecule has 2 heterocycles. The molecular weight excluding hydrogens is 204 g/mol. The second-order valence-corrected chi connectivity index (χ2v) is 3.89. The average molecular weight is 218 g/mol. The fraction of sp³-hybridized carbons (Fsp3) is 0.364. The van der Waals surface area contributed by atoms with Gasteiger partial charge >= 0.3 is 0 Å². The molecule has 0 aliphatic rings. The average Bonchev–Trinajstić information content (AvgIpc) is 2.56. The molecule has 2 rings (SSSR count). The van der Waals surface area contributed by atoms with Crippen LogP contribution in [0.4, 0.5) is 0 Å². The molecular formula is C11H14N4O. The van der Waals surface area contributed by atoms with Crippen molar-refractivity contribution >= 4 is 0 Å². The molecule has 1 N–H and O–H groups in total. The van der Waals surface area contributed by atoms with Crippen LogP contribution in [0.1, 0.15) is 17.0 Å². The molecule has 0 aliphatic carbocycles. The molecule has 0 aromatic carbocycles. The van der Waals surface area contributed by atoms with E-state index < -0.39 is 0 Å². The van der Waals surface area contributed by atoms with Gasteiger partial charge in [0, 0.05) is 24.0 Å². The summed E-state index contributed by atoms with van der Waals surface area (Å²) in [7, 11) is 1.86. The van der Waals surface area contributed by atoms with Crippen LogP contribution in [0.15, 0.2) is 11.0 Å². The highest BCUT2D eigenvalue weighted by Crippen LogP contribution is 2.17. The highest BCUT2D eigenvalue weighted by molar-refractivity contribution is 5.57. The maximum Gasteiger partial charge on any atom is 0.254 e. The number of rotatable bonds is 1. The number of aromatic nitrogens is 4. The van der Waals surface area contributed by atoms with Crippen molar-refractivity contribution in [2.24, 2.45) is 7.05 Å². The summed E-state index contributed by atoms with van der Waals surface area (Å²) in [5, 5.41) is 4.13. The number of nitrogens with zero attached hydrogens (tertiary/aromatic N) is 3. The maximum atomic E-state index is 11.6. The summed E-state index contributed by atoms with van der Waals surface area (Å²) in [6.45, 7) is 5.54. The van der Waals surface area contributed by atoms with Crippen molar-refractivity contribution in [3.8, 4) is 11.4 Å². The Morgan fingerprint density at radius 3 is 2.50 bits per heavy atom. The molecule has 0 fully saturated rings. The monoisotopic (exact) mass is 218 g/mol. The van der Waals surface area contributed by atoms with Crippen LogP contribution >= 0.6 is 0 Å². The summed E-state index contributed by atoms with van der Waals surface area (Å²) in [5.41, 5.74) is 3.16. The van der Waals surface area contributed by atoms with Gasteiger partial charge in [0.1, 0.15) is 5.82 Å². The van der Waals surface area contributed by atoms with Gasteiger partial charge in [0.25, 0.3) is 5.56 Å². The summed E-state index contributed by atoms with van der Waals surface area (Å²) in [6, 6.07) is 0. The molecule has 0 bridgehead atoms. The maximum absolute atomic E-state index is 11.6. The minimum Gasteiger partial charge on any atom is -0.306 e.